The molecule has 2 aromatic carbocycles. The normalized spacial score (nSPS) is 16.3. The number of fused-ring (bicyclic) bond motifs is 1. The summed E-state index contributed by atoms with van der Waals surface area (Å²) in [5.74, 6) is -1.51. The Morgan fingerprint density at radius 2 is 1.91 bits per heavy atom. The number of nitrogens with one attached hydrogen (secondary N) is 1. The number of halogens is 4. The molecule has 1 heterocycles. The van der Waals surface area contributed by atoms with Gasteiger partial charge in [0, 0.05) is 24.7 Å². The molecule has 0 aromatic heterocycles. The fourth-order valence-corrected chi connectivity index (χ4v) is 4.32. The van der Waals surface area contributed by atoms with Crippen LogP contribution in [0.4, 0.5) is 23.2 Å². The monoisotopic (exact) mass is 448 g/mol. The van der Waals surface area contributed by atoms with Crippen LogP contribution in [-0.2, 0) is 35.2 Å². The van der Waals surface area contributed by atoms with Gasteiger partial charge in [0.25, 0.3) is 0 Å². The van der Waals surface area contributed by atoms with Crippen LogP contribution in [-0.4, -0.2) is 23.3 Å². The molecule has 0 atom stereocenters. The highest BCUT2D eigenvalue weighted by atomic mass is 19.4. The second-order valence-corrected chi connectivity index (χ2v) is 8.57. The highest BCUT2D eigenvalue weighted by Crippen LogP contribution is 2.34. The SMILES string of the molecule is Cc1ccc2c(c1NC(=O)Cc1ccc(C(F)(F)F)c(F)c1)CCN(C(=O)C1CCC1)C2. The molecule has 32 heavy (non-hydrogen) atoms. The molecule has 2 aliphatic rings. The summed E-state index contributed by atoms with van der Waals surface area (Å²) in [6.45, 7) is 2.94. The first-order valence-electron chi connectivity index (χ1n) is 10.7. The maximum Gasteiger partial charge on any atom is 0.419 e. The first-order chi connectivity index (χ1) is 15.1. The second-order valence-electron chi connectivity index (χ2n) is 8.57. The molecule has 0 radical (unpaired) electrons. The van der Waals surface area contributed by atoms with Crippen molar-refractivity contribution in [2.24, 2.45) is 5.92 Å². The molecule has 1 aliphatic carbocycles. The van der Waals surface area contributed by atoms with Gasteiger partial charge in [-0.3, -0.25) is 9.59 Å². The molecule has 0 unspecified atom stereocenters. The number of rotatable bonds is 4. The minimum Gasteiger partial charge on any atom is -0.338 e. The van der Waals surface area contributed by atoms with Gasteiger partial charge in [-0.15, -0.1) is 0 Å². The molecular weight excluding hydrogens is 424 g/mol. The Kier molecular flexibility index (Phi) is 5.97. The van der Waals surface area contributed by atoms with E-state index in [9.17, 15) is 27.2 Å². The Balaban J connectivity index is 1.47. The van der Waals surface area contributed by atoms with Gasteiger partial charge < -0.3 is 10.2 Å². The molecular formula is C24H24F4N2O2. The zero-order valence-corrected chi connectivity index (χ0v) is 17.7. The summed E-state index contributed by atoms with van der Waals surface area (Å²) in [6.07, 6.45) is -1.42. The Hall–Kier alpha value is -2.90. The van der Waals surface area contributed by atoms with Crippen LogP contribution in [0, 0.1) is 18.7 Å². The van der Waals surface area contributed by atoms with Crippen molar-refractivity contribution >= 4 is 17.5 Å². The maximum absolute atomic E-state index is 13.8. The van der Waals surface area contributed by atoms with Crippen LogP contribution in [0.15, 0.2) is 30.3 Å². The highest BCUT2D eigenvalue weighted by Gasteiger charge is 2.34. The summed E-state index contributed by atoms with van der Waals surface area (Å²) in [4.78, 5) is 27.1. The van der Waals surface area contributed by atoms with E-state index in [0.717, 1.165) is 48.1 Å². The Morgan fingerprint density at radius 1 is 1.16 bits per heavy atom. The molecule has 1 saturated carbocycles. The van der Waals surface area contributed by atoms with Crippen molar-refractivity contribution in [3.63, 3.8) is 0 Å². The first kappa shape index (κ1) is 22.3. The third-order valence-corrected chi connectivity index (χ3v) is 6.35. The Bertz CT molecular complexity index is 1060. The van der Waals surface area contributed by atoms with Crippen molar-refractivity contribution < 1.29 is 27.2 Å². The number of benzene rings is 2. The number of hydrogen-bond acceptors (Lipinski definition) is 2. The smallest absolute Gasteiger partial charge is 0.338 e. The first-order valence-corrected chi connectivity index (χ1v) is 10.7. The quantitative estimate of drug-likeness (QED) is 0.668. The zero-order valence-electron chi connectivity index (χ0n) is 17.7. The van der Waals surface area contributed by atoms with Gasteiger partial charge in [0.15, 0.2) is 0 Å². The summed E-state index contributed by atoms with van der Waals surface area (Å²) in [7, 11) is 0. The highest BCUT2D eigenvalue weighted by molar-refractivity contribution is 5.94. The summed E-state index contributed by atoms with van der Waals surface area (Å²) < 4.78 is 52.0. The van der Waals surface area contributed by atoms with E-state index in [1.54, 1.807) is 0 Å². The number of anilines is 1. The van der Waals surface area contributed by atoms with Crippen molar-refractivity contribution in [1.82, 2.24) is 4.90 Å². The second kappa shape index (κ2) is 8.56. The number of carbonyl (C=O) groups is 2. The van der Waals surface area contributed by atoms with Crippen molar-refractivity contribution in [2.75, 3.05) is 11.9 Å². The zero-order chi connectivity index (χ0) is 23.0. The minimum atomic E-state index is -4.78. The molecule has 0 bridgehead atoms. The van der Waals surface area contributed by atoms with Gasteiger partial charge in [-0.1, -0.05) is 24.6 Å². The number of amides is 2. The van der Waals surface area contributed by atoms with Crippen molar-refractivity contribution in [3.05, 3.63) is 64.0 Å². The van der Waals surface area contributed by atoms with Crippen molar-refractivity contribution in [2.45, 2.75) is 51.7 Å². The van der Waals surface area contributed by atoms with E-state index in [0.29, 0.717) is 31.3 Å². The number of nitrogens with zero attached hydrogens (tertiary/aromatic N) is 1. The van der Waals surface area contributed by atoms with E-state index in [-0.39, 0.29) is 23.8 Å². The number of alkyl halides is 3. The molecule has 1 N–H and O–H groups in total. The maximum atomic E-state index is 13.8. The summed E-state index contributed by atoms with van der Waals surface area (Å²) >= 11 is 0. The molecule has 0 spiro atoms. The van der Waals surface area contributed by atoms with E-state index < -0.39 is 23.5 Å². The van der Waals surface area contributed by atoms with Crippen LogP contribution in [0.5, 0.6) is 0 Å². The molecule has 4 rings (SSSR count). The van der Waals surface area contributed by atoms with Gasteiger partial charge in [-0.2, -0.15) is 13.2 Å². The number of aryl methyl sites for hydroxylation is 1. The molecule has 4 nitrogen and oxygen atoms in total. The Labute approximate surface area is 183 Å². The van der Waals surface area contributed by atoms with Gasteiger partial charge in [-0.25, -0.2) is 4.39 Å². The van der Waals surface area contributed by atoms with Crippen LogP contribution in [0.3, 0.4) is 0 Å². The van der Waals surface area contributed by atoms with Crippen molar-refractivity contribution in [3.8, 4) is 0 Å². The number of hydrogen-bond donors (Lipinski definition) is 1. The molecule has 1 aliphatic heterocycles. The van der Waals surface area contributed by atoms with Crippen LogP contribution >= 0.6 is 0 Å². The molecule has 2 aromatic rings. The fraction of sp³-hybridized carbons (Fsp3) is 0.417. The predicted molar refractivity (Wildman–Crippen MR) is 111 cm³/mol. The number of carbonyl (C=O) groups excluding carboxylic acids is 2. The summed E-state index contributed by atoms with van der Waals surface area (Å²) in [5.41, 5.74) is 2.27. The minimum absolute atomic E-state index is 0.130. The lowest BCUT2D eigenvalue weighted by molar-refractivity contribution is -0.140. The lowest BCUT2D eigenvalue weighted by Crippen LogP contribution is -2.42. The van der Waals surface area contributed by atoms with Crippen molar-refractivity contribution in [1.29, 1.82) is 0 Å². The third kappa shape index (κ3) is 4.49. The van der Waals surface area contributed by atoms with Gasteiger partial charge in [0.1, 0.15) is 5.82 Å². The molecule has 170 valence electrons. The van der Waals surface area contributed by atoms with Gasteiger partial charge in [0.2, 0.25) is 11.8 Å². The van der Waals surface area contributed by atoms with E-state index in [4.69, 9.17) is 0 Å². The van der Waals surface area contributed by atoms with E-state index in [1.165, 1.54) is 0 Å². The standard InChI is InChI=1S/C24H24F4N2O2/c1-14-5-7-17-13-30(23(32)16-3-2-4-16)10-9-18(17)22(14)29-21(31)12-15-6-8-19(20(25)11-15)24(26,27)28/h5-8,11,16H,2-4,9-10,12-13H2,1H3,(H,29,31). The van der Waals surface area contributed by atoms with E-state index in [2.05, 4.69) is 5.32 Å². The van der Waals surface area contributed by atoms with Crippen LogP contribution in [0.1, 0.15) is 47.1 Å². The molecule has 1 fully saturated rings. The van der Waals surface area contributed by atoms with Crippen LogP contribution < -0.4 is 5.32 Å². The third-order valence-electron chi connectivity index (χ3n) is 6.35. The summed E-state index contributed by atoms with van der Waals surface area (Å²) in [6, 6.07) is 6.36. The topological polar surface area (TPSA) is 49.4 Å². The average Bonchev–Trinajstić information content (AvgIpc) is 2.67. The summed E-state index contributed by atoms with van der Waals surface area (Å²) in [5, 5.41) is 2.85. The van der Waals surface area contributed by atoms with Gasteiger partial charge in [-0.05, 0) is 60.6 Å². The lowest BCUT2D eigenvalue weighted by Gasteiger charge is -2.35. The largest absolute Gasteiger partial charge is 0.419 e. The molecule has 2 amide bonds. The van der Waals surface area contributed by atoms with Crippen LogP contribution in [0.25, 0.3) is 0 Å². The predicted octanol–water partition coefficient (Wildman–Crippen LogP) is 5.02. The van der Waals surface area contributed by atoms with Gasteiger partial charge in [0.05, 0.1) is 12.0 Å². The van der Waals surface area contributed by atoms with E-state index >= 15 is 0 Å². The van der Waals surface area contributed by atoms with Crippen LogP contribution in [0.2, 0.25) is 0 Å². The average molecular weight is 448 g/mol. The lowest BCUT2D eigenvalue weighted by atomic mass is 9.83. The molecule has 0 saturated heterocycles. The fourth-order valence-electron chi connectivity index (χ4n) is 4.32. The Morgan fingerprint density at radius 3 is 2.53 bits per heavy atom. The van der Waals surface area contributed by atoms with E-state index in [1.807, 2.05) is 24.0 Å². The molecule has 8 heteroatoms. The van der Waals surface area contributed by atoms with Gasteiger partial charge >= 0.3 is 6.18 Å².